The van der Waals surface area contributed by atoms with E-state index in [4.69, 9.17) is 5.11 Å². The van der Waals surface area contributed by atoms with Crippen LogP contribution in [0.15, 0.2) is 0 Å². The van der Waals surface area contributed by atoms with E-state index in [9.17, 15) is 9.90 Å². The van der Waals surface area contributed by atoms with Gasteiger partial charge in [0.2, 0.25) is 0 Å². The van der Waals surface area contributed by atoms with Crippen LogP contribution in [0.1, 0.15) is 33.1 Å². The second-order valence-corrected chi connectivity index (χ2v) is 3.84. The maximum Gasteiger partial charge on any atom is 0.309 e. The van der Waals surface area contributed by atoms with Crippen molar-refractivity contribution in [3.8, 4) is 0 Å². The highest BCUT2D eigenvalue weighted by Gasteiger charge is 2.45. The van der Waals surface area contributed by atoms with Crippen molar-refractivity contribution in [2.75, 3.05) is 0 Å². The van der Waals surface area contributed by atoms with Gasteiger partial charge < -0.3 is 10.2 Å². The van der Waals surface area contributed by atoms with E-state index < -0.39 is 17.5 Å². The zero-order chi connectivity index (χ0) is 9.35. The van der Waals surface area contributed by atoms with E-state index in [-0.39, 0.29) is 5.92 Å². The van der Waals surface area contributed by atoms with Gasteiger partial charge in [-0.2, -0.15) is 0 Å². The smallest absolute Gasteiger partial charge is 0.309 e. The van der Waals surface area contributed by atoms with E-state index in [1.54, 1.807) is 6.92 Å². The van der Waals surface area contributed by atoms with Crippen molar-refractivity contribution in [3.63, 3.8) is 0 Å². The summed E-state index contributed by atoms with van der Waals surface area (Å²) in [5.41, 5.74) is -0.966. The molecular weight excluding hydrogens is 156 g/mol. The van der Waals surface area contributed by atoms with Crippen LogP contribution < -0.4 is 0 Å². The number of aliphatic hydroxyl groups is 1. The number of hydrogen-bond acceptors (Lipinski definition) is 2. The van der Waals surface area contributed by atoms with Gasteiger partial charge in [-0.05, 0) is 25.7 Å². The van der Waals surface area contributed by atoms with Gasteiger partial charge in [-0.15, -0.1) is 0 Å². The SMILES string of the molecule is CC(C(=O)O)[C@@]1(O)CCC[C@@H]1C. The van der Waals surface area contributed by atoms with E-state index in [1.807, 2.05) is 6.92 Å². The van der Waals surface area contributed by atoms with Crippen LogP contribution in [-0.2, 0) is 4.79 Å². The van der Waals surface area contributed by atoms with E-state index in [0.717, 1.165) is 12.8 Å². The Morgan fingerprint density at radius 2 is 2.25 bits per heavy atom. The fourth-order valence-electron chi connectivity index (χ4n) is 2.04. The molecule has 70 valence electrons. The summed E-state index contributed by atoms with van der Waals surface area (Å²) in [6.07, 6.45) is 2.50. The average molecular weight is 172 g/mol. The van der Waals surface area contributed by atoms with Crippen molar-refractivity contribution >= 4 is 5.97 Å². The summed E-state index contributed by atoms with van der Waals surface area (Å²) in [6, 6.07) is 0. The summed E-state index contributed by atoms with van der Waals surface area (Å²) in [5, 5.41) is 18.8. The summed E-state index contributed by atoms with van der Waals surface area (Å²) >= 11 is 0. The van der Waals surface area contributed by atoms with E-state index in [2.05, 4.69) is 0 Å². The van der Waals surface area contributed by atoms with Crippen LogP contribution in [0.2, 0.25) is 0 Å². The molecular formula is C9H16O3. The lowest BCUT2D eigenvalue weighted by molar-refractivity contribution is -0.153. The van der Waals surface area contributed by atoms with Gasteiger partial charge in [0.25, 0.3) is 0 Å². The molecule has 1 rings (SSSR count). The zero-order valence-corrected chi connectivity index (χ0v) is 7.58. The number of carboxylic acid groups (broad SMARTS) is 1. The Morgan fingerprint density at radius 1 is 1.67 bits per heavy atom. The molecule has 3 heteroatoms. The molecule has 2 N–H and O–H groups in total. The molecule has 1 unspecified atom stereocenters. The Balaban J connectivity index is 2.76. The minimum absolute atomic E-state index is 0.114. The van der Waals surface area contributed by atoms with Gasteiger partial charge in [-0.1, -0.05) is 13.3 Å². The molecule has 1 fully saturated rings. The molecule has 3 nitrogen and oxygen atoms in total. The van der Waals surface area contributed by atoms with E-state index in [1.165, 1.54) is 0 Å². The largest absolute Gasteiger partial charge is 0.481 e. The lowest BCUT2D eigenvalue weighted by Crippen LogP contribution is -2.42. The van der Waals surface area contributed by atoms with Crippen molar-refractivity contribution in [1.29, 1.82) is 0 Å². The summed E-state index contributed by atoms with van der Waals surface area (Å²) in [7, 11) is 0. The second kappa shape index (κ2) is 3.05. The lowest BCUT2D eigenvalue weighted by Gasteiger charge is -2.31. The Bertz CT molecular complexity index is 190. The maximum absolute atomic E-state index is 10.7. The first-order chi connectivity index (χ1) is 5.48. The van der Waals surface area contributed by atoms with Crippen molar-refractivity contribution in [3.05, 3.63) is 0 Å². The van der Waals surface area contributed by atoms with Gasteiger partial charge in [-0.3, -0.25) is 4.79 Å². The van der Waals surface area contributed by atoms with Gasteiger partial charge >= 0.3 is 5.97 Å². The van der Waals surface area contributed by atoms with Crippen LogP contribution in [0, 0.1) is 11.8 Å². The third-order valence-electron chi connectivity index (χ3n) is 3.19. The molecule has 1 aliphatic carbocycles. The molecule has 0 aromatic heterocycles. The topological polar surface area (TPSA) is 57.5 Å². The number of carboxylic acids is 1. The van der Waals surface area contributed by atoms with Gasteiger partial charge in [-0.25, -0.2) is 0 Å². The highest BCUT2D eigenvalue weighted by Crippen LogP contribution is 2.40. The summed E-state index contributed by atoms with van der Waals surface area (Å²) in [4.78, 5) is 10.7. The predicted molar refractivity (Wildman–Crippen MR) is 44.8 cm³/mol. The molecule has 0 spiro atoms. The molecule has 0 aromatic carbocycles. The molecule has 0 aliphatic heterocycles. The highest BCUT2D eigenvalue weighted by molar-refractivity contribution is 5.71. The molecule has 1 saturated carbocycles. The zero-order valence-electron chi connectivity index (χ0n) is 7.58. The lowest BCUT2D eigenvalue weighted by atomic mass is 9.81. The minimum atomic E-state index is -0.966. The Morgan fingerprint density at radius 3 is 2.58 bits per heavy atom. The number of carbonyl (C=O) groups is 1. The fourth-order valence-corrected chi connectivity index (χ4v) is 2.04. The molecule has 3 atom stereocenters. The van der Waals surface area contributed by atoms with E-state index in [0.29, 0.717) is 6.42 Å². The normalized spacial score (nSPS) is 38.1. The van der Waals surface area contributed by atoms with Gasteiger partial charge in [0, 0.05) is 0 Å². The Labute approximate surface area is 72.4 Å². The van der Waals surface area contributed by atoms with E-state index >= 15 is 0 Å². The van der Waals surface area contributed by atoms with Crippen LogP contribution in [0.25, 0.3) is 0 Å². The summed E-state index contributed by atoms with van der Waals surface area (Å²) in [5.74, 6) is -1.43. The van der Waals surface area contributed by atoms with Crippen LogP contribution in [0.3, 0.4) is 0 Å². The predicted octanol–water partition coefficient (Wildman–Crippen LogP) is 1.26. The molecule has 12 heavy (non-hydrogen) atoms. The monoisotopic (exact) mass is 172 g/mol. The van der Waals surface area contributed by atoms with Gasteiger partial charge in [0.1, 0.15) is 0 Å². The van der Waals surface area contributed by atoms with Crippen molar-refractivity contribution in [2.24, 2.45) is 11.8 Å². The molecule has 1 aliphatic rings. The summed E-state index contributed by atoms with van der Waals surface area (Å²) in [6.45, 7) is 3.51. The van der Waals surface area contributed by atoms with Gasteiger partial charge in [0.05, 0.1) is 11.5 Å². The van der Waals surface area contributed by atoms with Crippen molar-refractivity contribution in [1.82, 2.24) is 0 Å². The first-order valence-corrected chi connectivity index (χ1v) is 4.43. The molecule has 0 saturated heterocycles. The number of hydrogen-bond donors (Lipinski definition) is 2. The van der Waals surface area contributed by atoms with Crippen LogP contribution in [0.5, 0.6) is 0 Å². The highest BCUT2D eigenvalue weighted by atomic mass is 16.4. The van der Waals surface area contributed by atoms with Crippen LogP contribution >= 0.6 is 0 Å². The molecule has 0 radical (unpaired) electrons. The Hall–Kier alpha value is -0.570. The molecule has 0 amide bonds. The molecule has 0 aromatic rings. The number of aliphatic carboxylic acids is 1. The number of rotatable bonds is 2. The van der Waals surface area contributed by atoms with Crippen LogP contribution in [-0.4, -0.2) is 21.8 Å². The maximum atomic E-state index is 10.7. The average Bonchev–Trinajstić information content (AvgIpc) is 2.32. The minimum Gasteiger partial charge on any atom is -0.481 e. The first-order valence-electron chi connectivity index (χ1n) is 4.43. The molecule has 0 bridgehead atoms. The first kappa shape index (κ1) is 9.52. The fraction of sp³-hybridized carbons (Fsp3) is 0.889. The molecule has 0 heterocycles. The standard InChI is InChI=1S/C9H16O3/c1-6-4-3-5-9(6,12)7(2)8(10)11/h6-7,12H,3-5H2,1-2H3,(H,10,11)/t6-,7?,9+/m0/s1. The third kappa shape index (κ3) is 1.33. The van der Waals surface area contributed by atoms with Crippen LogP contribution in [0.4, 0.5) is 0 Å². The van der Waals surface area contributed by atoms with Gasteiger partial charge in [0.15, 0.2) is 0 Å². The summed E-state index contributed by atoms with van der Waals surface area (Å²) < 4.78 is 0. The van der Waals surface area contributed by atoms with Crippen molar-refractivity contribution in [2.45, 2.75) is 38.7 Å². The third-order valence-corrected chi connectivity index (χ3v) is 3.19. The Kier molecular flexibility index (Phi) is 2.42. The quantitative estimate of drug-likeness (QED) is 0.659. The van der Waals surface area contributed by atoms with Crippen molar-refractivity contribution < 1.29 is 15.0 Å². The second-order valence-electron chi connectivity index (χ2n) is 3.84.